The summed E-state index contributed by atoms with van der Waals surface area (Å²) in [7, 11) is 0. The minimum atomic E-state index is 0.766. The first-order valence-electron chi connectivity index (χ1n) is 5.71. The second kappa shape index (κ2) is 4.12. The van der Waals surface area contributed by atoms with E-state index in [1.165, 1.54) is 51.0 Å². The summed E-state index contributed by atoms with van der Waals surface area (Å²) < 4.78 is 0. The molecule has 2 rings (SSSR count). The Morgan fingerprint density at radius 1 is 1.31 bits per heavy atom. The van der Waals surface area contributed by atoms with E-state index >= 15 is 0 Å². The van der Waals surface area contributed by atoms with Crippen molar-refractivity contribution in [2.75, 3.05) is 19.6 Å². The van der Waals surface area contributed by atoms with E-state index in [4.69, 9.17) is 4.99 Å². The lowest BCUT2D eigenvalue weighted by Gasteiger charge is -2.31. The predicted octanol–water partition coefficient (Wildman–Crippen LogP) is 2.30. The summed E-state index contributed by atoms with van der Waals surface area (Å²) in [6.45, 7) is 5.89. The molecule has 2 heterocycles. The lowest BCUT2D eigenvalue weighted by atomic mass is 9.98. The molecule has 0 aromatic rings. The molecule has 0 saturated carbocycles. The molecule has 1 fully saturated rings. The molecular formula is C11H20N2. The van der Waals surface area contributed by atoms with Gasteiger partial charge in [-0.1, -0.05) is 13.3 Å². The van der Waals surface area contributed by atoms with Gasteiger partial charge in [0.25, 0.3) is 0 Å². The first-order chi connectivity index (χ1) is 6.42. The summed E-state index contributed by atoms with van der Waals surface area (Å²) in [6.07, 6.45) is 6.67. The molecule has 0 aliphatic carbocycles. The maximum Gasteiger partial charge on any atom is 0.102 e. The zero-order valence-electron chi connectivity index (χ0n) is 8.63. The molecule has 1 saturated heterocycles. The molecule has 0 N–H and O–H groups in total. The van der Waals surface area contributed by atoms with Gasteiger partial charge in [0.05, 0.1) is 0 Å². The minimum Gasteiger partial charge on any atom is -0.360 e. The van der Waals surface area contributed by atoms with Crippen LogP contribution in [-0.2, 0) is 0 Å². The SMILES string of the molecule is CCC1CCCCN2CCCN=C12. The van der Waals surface area contributed by atoms with Gasteiger partial charge in [0.2, 0.25) is 0 Å². The van der Waals surface area contributed by atoms with Crippen molar-refractivity contribution in [3.8, 4) is 0 Å². The van der Waals surface area contributed by atoms with Crippen molar-refractivity contribution >= 4 is 5.84 Å². The number of hydrogen-bond donors (Lipinski definition) is 0. The molecular weight excluding hydrogens is 160 g/mol. The quantitative estimate of drug-likeness (QED) is 0.604. The molecule has 2 aliphatic rings. The van der Waals surface area contributed by atoms with Crippen molar-refractivity contribution in [3.63, 3.8) is 0 Å². The van der Waals surface area contributed by atoms with E-state index in [9.17, 15) is 0 Å². The molecule has 2 heteroatoms. The number of hydrogen-bond acceptors (Lipinski definition) is 2. The molecule has 13 heavy (non-hydrogen) atoms. The molecule has 2 nitrogen and oxygen atoms in total. The fourth-order valence-electron chi connectivity index (χ4n) is 2.49. The van der Waals surface area contributed by atoms with Crippen LogP contribution >= 0.6 is 0 Å². The van der Waals surface area contributed by atoms with Gasteiger partial charge in [-0.05, 0) is 25.7 Å². The van der Waals surface area contributed by atoms with Gasteiger partial charge in [-0.3, -0.25) is 4.99 Å². The average Bonchev–Trinajstić information content (AvgIpc) is 2.39. The molecule has 2 aliphatic heterocycles. The third kappa shape index (κ3) is 1.87. The lowest BCUT2D eigenvalue weighted by Crippen LogP contribution is -2.39. The second-order valence-electron chi connectivity index (χ2n) is 4.18. The zero-order chi connectivity index (χ0) is 9.10. The predicted molar refractivity (Wildman–Crippen MR) is 56.1 cm³/mol. The van der Waals surface area contributed by atoms with E-state index in [1.807, 2.05) is 0 Å². The van der Waals surface area contributed by atoms with Gasteiger partial charge in [-0.2, -0.15) is 0 Å². The smallest absolute Gasteiger partial charge is 0.102 e. The minimum absolute atomic E-state index is 0.766. The standard InChI is InChI=1S/C11H20N2/c1-2-10-6-3-4-8-13-9-5-7-12-11(10)13/h10H,2-9H2,1H3. The third-order valence-corrected chi connectivity index (χ3v) is 3.27. The van der Waals surface area contributed by atoms with Crippen LogP contribution in [-0.4, -0.2) is 30.4 Å². The summed E-state index contributed by atoms with van der Waals surface area (Å²) in [4.78, 5) is 7.24. The van der Waals surface area contributed by atoms with Crippen LogP contribution in [0.25, 0.3) is 0 Å². The Kier molecular flexibility index (Phi) is 2.87. The molecule has 0 spiro atoms. The Hall–Kier alpha value is -0.530. The van der Waals surface area contributed by atoms with Crippen molar-refractivity contribution in [3.05, 3.63) is 0 Å². The van der Waals surface area contributed by atoms with Gasteiger partial charge in [0.15, 0.2) is 0 Å². The summed E-state index contributed by atoms with van der Waals surface area (Å²) in [5.74, 6) is 2.20. The summed E-state index contributed by atoms with van der Waals surface area (Å²) in [5.41, 5.74) is 0. The van der Waals surface area contributed by atoms with Crippen LogP contribution in [0, 0.1) is 5.92 Å². The number of fused-ring (bicyclic) bond motifs is 1. The van der Waals surface area contributed by atoms with Gasteiger partial charge in [0, 0.05) is 25.6 Å². The molecule has 0 aromatic carbocycles. The summed E-state index contributed by atoms with van der Waals surface area (Å²) >= 11 is 0. The molecule has 74 valence electrons. The first kappa shape index (κ1) is 9.04. The van der Waals surface area contributed by atoms with Crippen LogP contribution in [0.15, 0.2) is 4.99 Å². The van der Waals surface area contributed by atoms with Crippen molar-refractivity contribution < 1.29 is 0 Å². The zero-order valence-corrected chi connectivity index (χ0v) is 8.63. The average molecular weight is 180 g/mol. The van der Waals surface area contributed by atoms with E-state index in [1.54, 1.807) is 0 Å². The van der Waals surface area contributed by atoms with Crippen LogP contribution in [0.5, 0.6) is 0 Å². The van der Waals surface area contributed by atoms with Crippen LogP contribution in [0.4, 0.5) is 0 Å². The van der Waals surface area contributed by atoms with Gasteiger partial charge in [0.1, 0.15) is 5.84 Å². The molecule has 0 bridgehead atoms. The molecule has 0 amide bonds. The highest BCUT2D eigenvalue weighted by Crippen LogP contribution is 2.23. The number of aliphatic imine (C=N–C) groups is 1. The highest BCUT2D eigenvalue weighted by Gasteiger charge is 2.24. The molecule has 0 radical (unpaired) electrons. The normalized spacial score (nSPS) is 29.2. The Morgan fingerprint density at radius 3 is 3.00 bits per heavy atom. The second-order valence-corrected chi connectivity index (χ2v) is 4.18. The summed E-state index contributed by atoms with van der Waals surface area (Å²) in [5, 5.41) is 0. The highest BCUT2D eigenvalue weighted by molar-refractivity contribution is 5.85. The highest BCUT2D eigenvalue weighted by atomic mass is 15.2. The topological polar surface area (TPSA) is 15.6 Å². The van der Waals surface area contributed by atoms with Crippen molar-refractivity contribution in [2.45, 2.75) is 39.0 Å². The van der Waals surface area contributed by atoms with Gasteiger partial charge in [-0.15, -0.1) is 0 Å². The van der Waals surface area contributed by atoms with E-state index < -0.39 is 0 Å². The summed E-state index contributed by atoms with van der Waals surface area (Å²) in [6, 6.07) is 0. The van der Waals surface area contributed by atoms with Crippen LogP contribution < -0.4 is 0 Å². The number of rotatable bonds is 1. The van der Waals surface area contributed by atoms with Crippen molar-refractivity contribution in [1.82, 2.24) is 4.90 Å². The third-order valence-electron chi connectivity index (χ3n) is 3.27. The van der Waals surface area contributed by atoms with E-state index in [2.05, 4.69) is 11.8 Å². The van der Waals surface area contributed by atoms with Crippen LogP contribution in [0.3, 0.4) is 0 Å². The Labute approximate surface area is 81.0 Å². The molecule has 1 atom stereocenters. The number of nitrogens with zero attached hydrogens (tertiary/aromatic N) is 2. The first-order valence-corrected chi connectivity index (χ1v) is 5.71. The molecule has 1 unspecified atom stereocenters. The maximum absolute atomic E-state index is 4.71. The van der Waals surface area contributed by atoms with Crippen molar-refractivity contribution in [2.24, 2.45) is 10.9 Å². The van der Waals surface area contributed by atoms with Gasteiger partial charge in [-0.25, -0.2) is 0 Å². The number of amidine groups is 1. The van der Waals surface area contributed by atoms with Crippen LogP contribution in [0.1, 0.15) is 39.0 Å². The maximum atomic E-state index is 4.71. The lowest BCUT2D eigenvalue weighted by molar-refractivity contribution is 0.382. The van der Waals surface area contributed by atoms with Gasteiger partial charge >= 0.3 is 0 Å². The fraction of sp³-hybridized carbons (Fsp3) is 0.909. The fourth-order valence-corrected chi connectivity index (χ4v) is 2.49. The largest absolute Gasteiger partial charge is 0.360 e. The van der Waals surface area contributed by atoms with E-state index in [0.717, 1.165) is 12.5 Å². The monoisotopic (exact) mass is 180 g/mol. The van der Waals surface area contributed by atoms with Gasteiger partial charge < -0.3 is 4.90 Å². The van der Waals surface area contributed by atoms with Crippen LogP contribution in [0.2, 0.25) is 0 Å². The Balaban J connectivity index is 2.14. The molecule has 0 aromatic heterocycles. The van der Waals surface area contributed by atoms with E-state index in [0.29, 0.717) is 0 Å². The Morgan fingerprint density at radius 2 is 2.15 bits per heavy atom. The van der Waals surface area contributed by atoms with E-state index in [-0.39, 0.29) is 0 Å². The Bertz CT molecular complexity index is 198. The van der Waals surface area contributed by atoms with Crippen molar-refractivity contribution in [1.29, 1.82) is 0 Å².